The van der Waals surface area contributed by atoms with Crippen LogP contribution in [0.2, 0.25) is 0 Å². The van der Waals surface area contributed by atoms with Gasteiger partial charge in [-0.1, -0.05) is 54.6 Å². The Kier molecular flexibility index (Phi) is 5.46. The Morgan fingerprint density at radius 2 is 1.58 bits per heavy atom. The van der Waals surface area contributed by atoms with Crippen LogP contribution in [0.25, 0.3) is 0 Å². The van der Waals surface area contributed by atoms with E-state index >= 15 is 0 Å². The van der Waals surface area contributed by atoms with E-state index in [4.69, 9.17) is 4.74 Å². The molecule has 0 atom stereocenters. The van der Waals surface area contributed by atoms with Crippen molar-refractivity contribution in [3.05, 3.63) is 89.6 Å². The summed E-state index contributed by atoms with van der Waals surface area (Å²) < 4.78 is 5.08. The molecule has 31 heavy (non-hydrogen) atoms. The Labute approximate surface area is 182 Å². The number of urea groups is 1. The standard InChI is InChI=1S/C25H25N3O3/c1-25(2)23(29)28(21-13-14-22(31-3)26-16-21)24(30)27(25)17-20-12-8-7-11-19(20)15-18-9-5-4-6-10-18/h4-14,16H,15,17H2,1-3H3. The Morgan fingerprint density at radius 1 is 0.903 bits per heavy atom. The summed E-state index contributed by atoms with van der Waals surface area (Å²) in [6.45, 7) is 3.91. The molecule has 0 saturated carbocycles. The predicted octanol–water partition coefficient (Wildman–Crippen LogP) is 4.43. The van der Waals surface area contributed by atoms with E-state index in [2.05, 4.69) is 23.2 Å². The predicted molar refractivity (Wildman–Crippen MR) is 119 cm³/mol. The summed E-state index contributed by atoms with van der Waals surface area (Å²) in [5.41, 5.74) is 2.81. The largest absolute Gasteiger partial charge is 0.481 e. The monoisotopic (exact) mass is 415 g/mol. The number of methoxy groups -OCH3 is 1. The van der Waals surface area contributed by atoms with Crippen molar-refractivity contribution in [1.29, 1.82) is 0 Å². The number of rotatable bonds is 6. The third kappa shape index (κ3) is 3.89. The van der Waals surface area contributed by atoms with E-state index in [9.17, 15) is 9.59 Å². The number of ether oxygens (including phenoxy) is 1. The molecule has 1 fully saturated rings. The van der Waals surface area contributed by atoms with E-state index < -0.39 is 5.54 Å². The van der Waals surface area contributed by atoms with Crippen LogP contribution in [0.5, 0.6) is 5.88 Å². The Balaban J connectivity index is 1.63. The first-order chi connectivity index (χ1) is 14.9. The molecule has 1 aliphatic heterocycles. The lowest BCUT2D eigenvalue weighted by atomic mass is 9.97. The van der Waals surface area contributed by atoms with Crippen LogP contribution in [0.1, 0.15) is 30.5 Å². The van der Waals surface area contributed by atoms with Crippen molar-refractivity contribution in [3.8, 4) is 5.88 Å². The van der Waals surface area contributed by atoms with Gasteiger partial charge in [-0.05, 0) is 43.0 Å². The van der Waals surface area contributed by atoms with Crippen molar-refractivity contribution in [3.63, 3.8) is 0 Å². The molecule has 1 saturated heterocycles. The van der Waals surface area contributed by atoms with E-state index in [1.165, 1.54) is 23.8 Å². The van der Waals surface area contributed by atoms with Gasteiger partial charge in [-0.3, -0.25) is 4.79 Å². The number of carbonyl (C=O) groups excluding carboxylic acids is 2. The minimum atomic E-state index is -0.975. The van der Waals surface area contributed by atoms with Crippen LogP contribution >= 0.6 is 0 Å². The highest BCUT2D eigenvalue weighted by Crippen LogP contribution is 2.34. The summed E-state index contributed by atoms with van der Waals surface area (Å²) in [4.78, 5) is 33.5. The molecule has 6 heteroatoms. The van der Waals surface area contributed by atoms with E-state index in [1.54, 1.807) is 30.9 Å². The summed E-state index contributed by atoms with van der Waals surface area (Å²) in [6, 6.07) is 21.2. The quantitative estimate of drug-likeness (QED) is 0.559. The van der Waals surface area contributed by atoms with Crippen molar-refractivity contribution < 1.29 is 14.3 Å². The number of nitrogens with zero attached hydrogens (tertiary/aromatic N) is 3. The van der Waals surface area contributed by atoms with Crippen LogP contribution in [0.3, 0.4) is 0 Å². The van der Waals surface area contributed by atoms with Crippen LogP contribution < -0.4 is 9.64 Å². The lowest BCUT2D eigenvalue weighted by Crippen LogP contribution is -2.43. The molecule has 6 nitrogen and oxygen atoms in total. The number of hydrogen-bond acceptors (Lipinski definition) is 4. The summed E-state index contributed by atoms with van der Waals surface area (Å²) in [7, 11) is 1.52. The molecule has 0 radical (unpaired) electrons. The average Bonchev–Trinajstić information content (AvgIpc) is 2.95. The van der Waals surface area contributed by atoms with Gasteiger partial charge in [-0.15, -0.1) is 0 Å². The zero-order valence-electron chi connectivity index (χ0n) is 17.9. The van der Waals surface area contributed by atoms with Gasteiger partial charge in [0.05, 0.1) is 19.0 Å². The third-order valence-electron chi connectivity index (χ3n) is 5.70. The number of amides is 3. The Hall–Kier alpha value is -3.67. The second-order valence-electron chi connectivity index (χ2n) is 8.06. The molecule has 0 N–H and O–H groups in total. The van der Waals surface area contributed by atoms with Gasteiger partial charge in [0, 0.05) is 12.6 Å². The minimum Gasteiger partial charge on any atom is -0.481 e. The fourth-order valence-electron chi connectivity index (χ4n) is 3.82. The van der Waals surface area contributed by atoms with Crippen LogP contribution in [0.4, 0.5) is 10.5 Å². The first kappa shape index (κ1) is 20.6. The Morgan fingerprint density at radius 3 is 2.23 bits per heavy atom. The smallest absolute Gasteiger partial charge is 0.332 e. The molecule has 0 bridgehead atoms. The summed E-state index contributed by atoms with van der Waals surface area (Å²) in [6.07, 6.45) is 2.25. The van der Waals surface area contributed by atoms with Crippen molar-refractivity contribution in [2.24, 2.45) is 0 Å². The summed E-state index contributed by atoms with van der Waals surface area (Å²) >= 11 is 0. The first-order valence-electron chi connectivity index (χ1n) is 10.2. The molecule has 0 aliphatic carbocycles. The van der Waals surface area contributed by atoms with Crippen molar-refractivity contribution in [2.75, 3.05) is 12.0 Å². The van der Waals surface area contributed by atoms with Crippen molar-refractivity contribution in [1.82, 2.24) is 9.88 Å². The topological polar surface area (TPSA) is 62.7 Å². The lowest BCUT2D eigenvalue weighted by Gasteiger charge is -2.28. The highest BCUT2D eigenvalue weighted by atomic mass is 16.5. The average molecular weight is 415 g/mol. The summed E-state index contributed by atoms with van der Waals surface area (Å²) in [5.74, 6) is 0.152. The highest BCUT2D eigenvalue weighted by molar-refractivity contribution is 6.22. The fourth-order valence-corrected chi connectivity index (χ4v) is 3.82. The van der Waals surface area contributed by atoms with Gasteiger partial charge in [0.2, 0.25) is 5.88 Å². The zero-order valence-corrected chi connectivity index (χ0v) is 17.9. The van der Waals surface area contributed by atoms with Gasteiger partial charge in [0.15, 0.2) is 0 Å². The number of imide groups is 1. The number of benzene rings is 2. The van der Waals surface area contributed by atoms with E-state index in [0.717, 1.165) is 17.5 Å². The van der Waals surface area contributed by atoms with Gasteiger partial charge in [0.1, 0.15) is 5.54 Å². The molecule has 0 unspecified atom stereocenters. The van der Waals surface area contributed by atoms with E-state index in [-0.39, 0.29) is 11.9 Å². The maximum atomic E-state index is 13.3. The number of pyridine rings is 1. The van der Waals surface area contributed by atoms with Crippen LogP contribution in [0.15, 0.2) is 72.9 Å². The Bertz CT molecular complexity index is 1090. The van der Waals surface area contributed by atoms with Crippen molar-refractivity contribution >= 4 is 17.6 Å². The molecule has 1 aromatic heterocycles. The summed E-state index contributed by atoms with van der Waals surface area (Å²) in [5, 5.41) is 0. The number of carbonyl (C=O) groups is 2. The number of hydrogen-bond donors (Lipinski definition) is 0. The molecule has 2 heterocycles. The van der Waals surface area contributed by atoms with Gasteiger partial charge >= 0.3 is 6.03 Å². The molecule has 4 rings (SSSR count). The van der Waals surface area contributed by atoms with Gasteiger partial charge in [-0.2, -0.15) is 0 Å². The highest BCUT2D eigenvalue weighted by Gasteiger charge is 2.51. The van der Waals surface area contributed by atoms with Gasteiger partial charge < -0.3 is 9.64 Å². The fraction of sp³-hybridized carbons (Fsp3) is 0.240. The normalized spacial score (nSPS) is 15.5. The van der Waals surface area contributed by atoms with Crippen molar-refractivity contribution in [2.45, 2.75) is 32.4 Å². The SMILES string of the molecule is COc1ccc(N2C(=O)N(Cc3ccccc3Cc3ccccc3)C(C)(C)C2=O)cn1. The number of aromatic nitrogens is 1. The minimum absolute atomic E-state index is 0.273. The van der Waals surface area contributed by atoms with Gasteiger partial charge in [0.25, 0.3) is 5.91 Å². The van der Waals surface area contributed by atoms with Crippen LogP contribution in [-0.2, 0) is 17.8 Å². The molecule has 2 aromatic carbocycles. The second kappa shape index (κ2) is 8.22. The number of anilines is 1. The van der Waals surface area contributed by atoms with Crippen LogP contribution in [-0.4, -0.2) is 34.5 Å². The van der Waals surface area contributed by atoms with Gasteiger partial charge in [-0.25, -0.2) is 14.7 Å². The second-order valence-corrected chi connectivity index (χ2v) is 8.06. The maximum Gasteiger partial charge on any atom is 0.332 e. The van der Waals surface area contributed by atoms with E-state index in [0.29, 0.717) is 18.1 Å². The maximum absolute atomic E-state index is 13.3. The molecule has 3 aromatic rings. The van der Waals surface area contributed by atoms with E-state index in [1.807, 2.05) is 36.4 Å². The third-order valence-corrected chi connectivity index (χ3v) is 5.70. The molecule has 158 valence electrons. The molecule has 3 amide bonds. The molecule has 0 spiro atoms. The lowest BCUT2D eigenvalue weighted by molar-refractivity contribution is -0.123. The molecule has 1 aliphatic rings. The zero-order chi connectivity index (χ0) is 22.0. The first-order valence-corrected chi connectivity index (χ1v) is 10.2. The van der Waals surface area contributed by atoms with Crippen LogP contribution in [0, 0.1) is 0 Å². The molecular formula is C25H25N3O3. The molecular weight excluding hydrogens is 390 g/mol.